The Kier molecular flexibility index (Phi) is 3.64. The lowest BCUT2D eigenvalue weighted by atomic mass is 9.89. The number of hydrogen-bond donors (Lipinski definition) is 0. The first-order chi connectivity index (χ1) is 10.2. The first kappa shape index (κ1) is 13.7. The third kappa shape index (κ3) is 2.39. The van der Waals surface area contributed by atoms with Crippen molar-refractivity contribution >= 4 is 34.5 Å². The molecule has 102 valence electrons. The number of rotatable bonds is 3. The summed E-state index contributed by atoms with van der Waals surface area (Å²) in [5.41, 5.74) is 4.42. The normalized spacial score (nSPS) is 10.5. The van der Waals surface area contributed by atoms with E-state index in [0.29, 0.717) is 0 Å². The second kappa shape index (κ2) is 5.59. The molecule has 0 fully saturated rings. The molecule has 0 heterocycles. The molecule has 0 aliphatic rings. The topological polar surface area (TPSA) is 0 Å². The Morgan fingerprint density at radius 2 is 1.67 bits per heavy atom. The third-order valence-corrected chi connectivity index (χ3v) is 3.89. The van der Waals surface area contributed by atoms with Crippen LogP contribution in [0.15, 0.2) is 67.8 Å². The number of halogens is 1. The van der Waals surface area contributed by atoms with Crippen molar-refractivity contribution in [3.05, 3.63) is 83.9 Å². The molecule has 0 N–H and O–H groups in total. The molecule has 0 nitrogen and oxygen atoms in total. The highest BCUT2D eigenvalue weighted by Gasteiger charge is 2.11. The number of benzene rings is 3. The van der Waals surface area contributed by atoms with Gasteiger partial charge in [0.1, 0.15) is 0 Å². The molecule has 1 heteroatoms. The second-order valence-electron chi connectivity index (χ2n) is 4.89. The van der Waals surface area contributed by atoms with Gasteiger partial charge in [-0.25, -0.2) is 0 Å². The lowest BCUT2D eigenvalue weighted by molar-refractivity contribution is 1.61. The first-order valence-corrected chi connectivity index (χ1v) is 7.19. The molecule has 0 aromatic heterocycles. The fraction of sp³-hybridized carbons (Fsp3) is 0. The fourth-order valence-corrected chi connectivity index (χ4v) is 2.92. The van der Waals surface area contributed by atoms with Crippen molar-refractivity contribution in [2.24, 2.45) is 0 Å². The van der Waals surface area contributed by atoms with E-state index in [9.17, 15) is 0 Å². The van der Waals surface area contributed by atoms with E-state index in [1.807, 2.05) is 36.4 Å². The van der Waals surface area contributed by atoms with Crippen LogP contribution in [-0.4, -0.2) is 0 Å². The molecule has 0 spiro atoms. The molecule has 0 saturated carbocycles. The summed E-state index contributed by atoms with van der Waals surface area (Å²) in [7, 11) is 0. The van der Waals surface area contributed by atoms with E-state index in [0.717, 1.165) is 27.3 Å². The lowest BCUT2D eigenvalue weighted by Crippen LogP contribution is -1.90. The van der Waals surface area contributed by atoms with Crippen LogP contribution >= 0.6 is 11.6 Å². The first-order valence-electron chi connectivity index (χ1n) is 6.81. The molecule has 0 radical (unpaired) electrons. The van der Waals surface area contributed by atoms with E-state index in [1.165, 1.54) is 10.8 Å². The molecule has 3 rings (SSSR count). The highest BCUT2D eigenvalue weighted by atomic mass is 35.5. The van der Waals surface area contributed by atoms with Crippen molar-refractivity contribution in [1.82, 2.24) is 0 Å². The Labute approximate surface area is 130 Å². The Morgan fingerprint density at radius 1 is 0.857 bits per heavy atom. The average Bonchev–Trinajstić information content (AvgIpc) is 2.52. The van der Waals surface area contributed by atoms with E-state index in [-0.39, 0.29) is 0 Å². The van der Waals surface area contributed by atoms with Crippen LogP contribution in [0.1, 0.15) is 11.1 Å². The van der Waals surface area contributed by atoms with Gasteiger partial charge in [0, 0.05) is 5.02 Å². The van der Waals surface area contributed by atoms with E-state index in [1.54, 1.807) is 0 Å². The van der Waals surface area contributed by atoms with Gasteiger partial charge in [0.25, 0.3) is 0 Å². The molecule has 0 aliphatic carbocycles. The minimum atomic E-state index is 0.732. The van der Waals surface area contributed by atoms with E-state index >= 15 is 0 Å². The maximum Gasteiger partial charge on any atom is 0.0412 e. The maximum atomic E-state index is 6.17. The van der Waals surface area contributed by atoms with Crippen LogP contribution in [0.5, 0.6) is 0 Å². The molecule has 0 atom stereocenters. The monoisotopic (exact) mass is 290 g/mol. The molecule has 0 bridgehead atoms. The predicted molar refractivity (Wildman–Crippen MR) is 94.6 cm³/mol. The van der Waals surface area contributed by atoms with E-state index in [2.05, 4.69) is 43.5 Å². The summed E-state index contributed by atoms with van der Waals surface area (Å²) in [6.07, 6.45) is 3.76. The summed E-state index contributed by atoms with van der Waals surface area (Å²) >= 11 is 6.17. The van der Waals surface area contributed by atoms with Gasteiger partial charge in [0.2, 0.25) is 0 Å². The zero-order chi connectivity index (χ0) is 14.8. The van der Waals surface area contributed by atoms with Gasteiger partial charge >= 0.3 is 0 Å². The second-order valence-corrected chi connectivity index (χ2v) is 5.33. The average molecular weight is 291 g/mol. The molecule has 0 aliphatic heterocycles. The summed E-state index contributed by atoms with van der Waals surface area (Å²) in [5, 5.41) is 3.11. The van der Waals surface area contributed by atoms with Gasteiger partial charge in [-0.05, 0) is 51.2 Å². The molecule has 0 unspecified atom stereocenters. The van der Waals surface area contributed by atoms with Crippen LogP contribution in [0.3, 0.4) is 0 Å². The van der Waals surface area contributed by atoms with Gasteiger partial charge < -0.3 is 0 Å². The molecular weight excluding hydrogens is 276 g/mol. The van der Waals surface area contributed by atoms with E-state index in [4.69, 9.17) is 11.6 Å². The zero-order valence-corrected chi connectivity index (χ0v) is 12.4. The van der Waals surface area contributed by atoms with Crippen LogP contribution in [0, 0.1) is 0 Å². The van der Waals surface area contributed by atoms with Gasteiger partial charge in [0.05, 0.1) is 0 Å². The molecule has 0 saturated heterocycles. The highest BCUT2D eigenvalue weighted by molar-refractivity contribution is 6.31. The Hall–Kier alpha value is -2.31. The zero-order valence-electron chi connectivity index (χ0n) is 11.6. The van der Waals surface area contributed by atoms with Crippen LogP contribution < -0.4 is 0 Å². The molecule has 0 amide bonds. The summed E-state index contributed by atoms with van der Waals surface area (Å²) < 4.78 is 0. The Balaban J connectivity index is 2.48. The fourth-order valence-electron chi connectivity index (χ4n) is 2.73. The minimum Gasteiger partial charge on any atom is -0.0984 e. The third-order valence-electron chi connectivity index (χ3n) is 3.66. The number of hydrogen-bond acceptors (Lipinski definition) is 0. The van der Waals surface area contributed by atoms with Crippen molar-refractivity contribution in [3.63, 3.8) is 0 Å². The van der Waals surface area contributed by atoms with Crippen molar-refractivity contribution in [1.29, 1.82) is 0 Å². The summed E-state index contributed by atoms with van der Waals surface area (Å²) in [6, 6.07) is 18.4. The maximum absolute atomic E-state index is 6.17. The van der Waals surface area contributed by atoms with Crippen molar-refractivity contribution in [2.45, 2.75) is 0 Å². The smallest absolute Gasteiger partial charge is 0.0412 e. The summed E-state index contributed by atoms with van der Waals surface area (Å²) in [4.78, 5) is 0. The quantitative estimate of drug-likeness (QED) is 0.520. The van der Waals surface area contributed by atoms with Crippen molar-refractivity contribution in [3.8, 4) is 11.1 Å². The Bertz CT molecular complexity index is 844. The number of fused-ring (bicyclic) bond motifs is 1. The molecular formula is C20H15Cl. The summed E-state index contributed by atoms with van der Waals surface area (Å²) in [6.45, 7) is 7.90. The van der Waals surface area contributed by atoms with Crippen molar-refractivity contribution in [2.75, 3.05) is 0 Å². The van der Waals surface area contributed by atoms with Gasteiger partial charge in [-0.2, -0.15) is 0 Å². The van der Waals surface area contributed by atoms with Crippen molar-refractivity contribution < 1.29 is 0 Å². The largest absolute Gasteiger partial charge is 0.0984 e. The SMILES string of the molecule is C=Cc1cc2ccccc2c(-c2cccc(Cl)c2)c1C=C. The predicted octanol–water partition coefficient (Wildman–Crippen LogP) is 6.45. The van der Waals surface area contributed by atoms with Gasteiger partial charge in [-0.15, -0.1) is 0 Å². The minimum absolute atomic E-state index is 0.732. The van der Waals surface area contributed by atoms with Gasteiger partial charge in [0.15, 0.2) is 0 Å². The van der Waals surface area contributed by atoms with Gasteiger partial charge in [-0.3, -0.25) is 0 Å². The van der Waals surface area contributed by atoms with Crippen LogP contribution in [0.2, 0.25) is 5.02 Å². The molecule has 3 aromatic carbocycles. The molecule has 21 heavy (non-hydrogen) atoms. The van der Waals surface area contributed by atoms with Crippen LogP contribution in [-0.2, 0) is 0 Å². The van der Waals surface area contributed by atoms with Gasteiger partial charge in [-0.1, -0.05) is 73.3 Å². The van der Waals surface area contributed by atoms with E-state index < -0.39 is 0 Å². The Morgan fingerprint density at radius 3 is 2.38 bits per heavy atom. The molecule has 3 aromatic rings. The van der Waals surface area contributed by atoms with Crippen LogP contribution in [0.4, 0.5) is 0 Å². The summed E-state index contributed by atoms with van der Waals surface area (Å²) in [5.74, 6) is 0. The lowest BCUT2D eigenvalue weighted by Gasteiger charge is -2.14. The highest BCUT2D eigenvalue weighted by Crippen LogP contribution is 2.36. The standard InChI is InChI=1S/C20H15Cl/c1-3-14-12-15-8-5-6-11-19(15)20(18(14)4-2)16-9-7-10-17(21)13-16/h3-13H,1-2H2. The van der Waals surface area contributed by atoms with Crippen LogP contribution in [0.25, 0.3) is 34.1 Å².